The number of esters is 1. The first-order chi connectivity index (χ1) is 21.6. The lowest BCUT2D eigenvalue weighted by Crippen LogP contribution is -2.66. The molecule has 2 N–H and O–H groups in total. The molecule has 5 aliphatic rings. The van der Waals surface area contributed by atoms with Crippen molar-refractivity contribution in [2.45, 2.75) is 112 Å². The Morgan fingerprint density at radius 1 is 0.957 bits per heavy atom. The van der Waals surface area contributed by atoms with Crippen LogP contribution >= 0.6 is 0 Å². The van der Waals surface area contributed by atoms with Crippen molar-refractivity contribution >= 4 is 11.9 Å². The van der Waals surface area contributed by atoms with E-state index in [-0.39, 0.29) is 51.6 Å². The molecule has 0 saturated heterocycles. The molecular weight excluding hydrogens is 570 g/mol. The average molecular weight is 628 g/mol. The maximum atomic E-state index is 13.5. The van der Waals surface area contributed by atoms with Crippen LogP contribution in [0.5, 0.6) is 0 Å². The van der Waals surface area contributed by atoms with Crippen LogP contribution in [0.1, 0.15) is 126 Å². The third kappa shape index (κ3) is 4.83. The Labute approximate surface area is 277 Å². The monoisotopic (exact) mass is 627 g/mol. The Kier molecular flexibility index (Phi) is 8.36. The Hall–Kier alpha value is -2.58. The van der Waals surface area contributed by atoms with Gasteiger partial charge in [0.15, 0.2) is 0 Å². The zero-order valence-corrected chi connectivity index (χ0v) is 29.2. The first-order valence-electron chi connectivity index (χ1n) is 18.0. The fourth-order valence-electron chi connectivity index (χ4n) is 12.8. The van der Waals surface area contributed by atoms with Crippen molar-refractivity contribution < 1.29 is 19.4 Å². The molecule has 1 aromatic carbocycles. The minimum Gasteiger partial charge on any atom is -0.461 e. The van der Waals surface area contributed by atoms with E-state index < -0.39 is 0 Å². The fourth-order valence-corrected chi connectivity index (χ4v) is 12.8. The number of fused-ring (bicyclic) bond motifs is 7. The standard InChI is InChI=1S/C41H57NO4/c1-9-23-42-35(44)27-11-10-12-28(24-27)36(45)46-25-41-20-15-29(26(2)3)34(41)30-13-14-32-38(6)18-17-33(43)37(4,5)31(38)16-19-40(32,8)39(30,7)21-22-41/h1,10-12,24,29-34,43H,2,13-23,25H2,3-8H3,(H,42,44)/t29-,30+,31-,32+,33-,34+,38-,39+,40+,41+/m0/s1. The predicted octanol–water partition coefficient (Wildman–Crippen LogP) is 8.22. The number of aliphatic hydroxyl groups is 1. The maximum absolute atomic E-state index is 13.5. The van der Waals surface area contributed by atoms with Crippen LogP contribution in [0.25, 0.3) is 0 Å². The van der Waals surface area contributed by atoms with Gasteiger partial charge in [0, 0.05) is 11.0 Å². The lowest BCUT2D eigenvalue weighted by atomic mass is 9.32. The van der Waals surface area contributed by atoms with E-state index >= 15 is 0 Å². The zero-order valence-electron chi connectivity index (χ0n) is 29.2. The van der Waals surface area contributed by atoms with Gasteiger partial charge in [-0.15, -0.1) is 6.42 Å². The fraction of sp³-hybridized carbons (Fsp3) is 0.707. The van der Waals surface area contributed by atoms with Crippen molar-refractivity contribution in [3.8, 4) is 12.3 Å². The Bertz CT molecular complexity index is 1440. The number of hydrogen-bond donors (Lipinski definition) is 2. The molecule has 0 aromatic heterocycles. The highest BCUT2D eigenvalue weighted by Crippen LogP contribution is 2.77. The third-order valence-corrected chi connectivity index (χ3v) is 15.4. The van der Waals surface area contributed by atoms with Gasteiger partial charge in [-0.3, -0.25) is 4.79 Å². The number of nitrogens with one attached hydrogen (secondary N) is 1. The topological polar surface area (TPSA) is 75.6 Å². The molecule has 250 valence electrons. The van der Waals surface area contributed by atoms with Crippen molar-refractivity contribution in [3.63, 3.8) is 0 Å². The highest BCUT2D eigenvalue weighted by atomic mass is 16.5. The van der Waals surface area contributed by atoms with Gasteiger partial charge in [-0.05, 0) is 141 Å². The molecule has 5 heteroatoms. The molecule has 5 fully saturated rings. The quantitative estimate of drug-likeness (QED) is 0.189. The summed E-state index contributed by atoms with van der Waals surface area (Å²) < 4.78 is 6.22. The van der Waals surface area contributed by atoms with E-state index in [1.807, 2.05) is 0 Å². The molecule has 0 aliphatic heterocycles. The summed E-state index contributed by atoms with van der Waals surface area (Å²) in [5.74, 6) is 4.43. The van der Waals surface area contributed by atoms with Crippen LogP contribution < -0.4 is 5.32 Å². The summed E-state index contributed by atoms with van der Waals surface area (Å²) >= 11 is 0. The van der Waals surface area contributed by atoms with Crippen molar-refractivity contribution in [2.75, 3.05) is 13.2 Å². The summed E-state index contributed by atoms with van der Waals surface area (Å²) in [6.07, 6.45) is 16.5. The van der Waals surface area contributed by atoms with Gasteiger partial charge in [0.1, 0.15) is 0 Å². The number of ether oxygens (including phenoxy) is 1. The van der Waals surface area contributed by atoms with Gasteiger partial charge >= 0.3 is 5.97 Å². The van der Waals surface area contributed by atoms with Gasteiger partial charge in [0.2, 0.25) is 0 Å². The summed E-state index contributed by atoms with van der Waals surface area (Å²) in [7, 11) is 0. The minimum absolute atomic E-state index is 0.0425. The number of carbonyl (C=O) groups is 2. The highest BCUT2D eigenvalue weighted by molar-refractivity contribution is 5.98. The predicted molar refractivity (Wildman–Crippen MR) is 183 cm³/mol. The number of terminal acetylenes is 1. The van der Waals surface area contributed by atoms with Crippen molar-refractivity contribution in [2.24, 2.45) is 56.7 Å². The molecule has 6 rings (SSSR count). The SMILES string of the molecule is C#CCNC(=O)c1cccc(C(=O)OC[C@]23CC[C@@H](C(=C)C)[C@@H]2[C@H]2CC[C@@H]4[C@@]5(C)CC[C@H](O)C(C)(C)[C@@H]5CC[C@@]4(C)[C@]2(C)CC3)c1. The number of carbonyl (C=O) groups excluding carboxylic acids is 2. The minimum atomic E-state index is -0.365. The van der Waals surface area contributed by atoms with Gasteiger partial charge in [-0.2, -0.15) is 0 Å². The lowest BCUT2D eigenvalue weighted by Gasteiger charge is -2.73. The summed E-state index contributed by atoms with van der Waals surface area (Å²) in [5, 5.41) is 13.7. The van der Waals surface area contributed by atoms with E-state index in [2.05, 4.69) is 59.4 Å². The van der Waals surface area contributed by atoms with Crippen molar-refractivity contribution in [1.82, 2.24) is 5.32 Å². The number of amides is 1. The first kappa shape index (κ1) is 33.3. The first-order valence-corrected chi connectivity index (χ1v) is 18.0. The van der Waals surface area contributed by atoms with E-state index in [4.69, 9.17) is 11.2 Å². The van der Waals surface area contributed by atoms with Gasteiger partial charge in [-0.1, -0.05) is 58.8 Å². The number of allylic oxidation sites excluding steroid dienone is 1. The van der Waals surface area contributed by atoms with E-state index in [1.165, 1.54) is 37.7 Å². The van der Waals surface area contributed by atoms with Gasteiger partial charge < -0.3 is 15.2 Å². The molecule has 1 aromatic rings. The number of aliphatic hydroxyl groups excluding tert-OH is 1. The zero-order chi connectivity index (χ0) is 33.3. The molecule has 10 atom stereocenters. The molecule has 5 aliphatic carbocycles. The molecule has 1 amide bonds. The molecule has 0 radical (unpaired) electrons. The second-order valence-electron chi connectivity index (χ2n) is 17.5. The molecule has 5 saturated carbocycles. The molecule has 0 unspecified atom stereocenters. The van der Waals surface area contributed by atoms with E-state index in [1.54, 1.807) is 24.3 Å². The van der Waals surface area contributed by atoms with Crippen LogP contribution in [0, 0.1) is 69.0 Å². The summed E-state index contributed by atoms with van der Waals surface area (Å²) in [6, 6.07) is 6.75. The second-order valence-corrected chi connectivity index (χ2v) is 17.5. The van der Waals surface area contributed by atoms with Crippen LogP contribution in [-0.4, -0.2) is 36.2 Å². The van der Waals surface area contributed by atoms with E-state index in [9.17, 15) is 14.7 Å². The summed E-state index contributed by atoms with van der Waals surface area (Å²) in [4.78, 5) is 26.0. The second kappa shape index (κ2) is 11.5. The summed E-state index contributed by atoms with van der Waals surface area (Å²) in [5.41, 5.74) is 2.69. The Morgan fingerprint density at radius 3 is 2.41 bits per heavy atom. The molecular formula is C41H57NO4. The van der Waals surface area contributed by atoms with Crippen LogP contribution in [-0.2, 0) is 4.74 Å². The lowest BCUT2D eigenvalue weighted by molar-refractivity contribution is -0.249. The largest absolute Gasteiger partial charge is 0.461 e. The molecule has 0 spiro atoms. The number of benzene rings is 1. The molecule has 46 heavy (non-hydrogen) atoms. The van der Waals surface area contributed by atoms with Crippen LogP contribution in [0.2, 0.25) is 0 Å². The van der Waals surface area contributed by atoms with Gasteiger partial charge in [0.05, 0.1) is 24.8 Å². The number of rotatable bonds is 6. The Morgan fingerprint density at radius 2 is 1.70 bits per heavy atom. The summed E-state index contributed by atoms with van der Waals surface area (Å²) in [6.45, 7) is 19.8. The van der Waals surface area contributed by atoms with Gasteiger partial charge in [-0.25, -0.2) is 4.79 Å². The molecule has 0 heterocycles. The van der Waals surface area contributed by atoms with Crippen LogP contribution in [0.4, 0.5) is 0 Å². The third-order valence-electron chi connectivity index (χ3n) is 15.4. The van der Waals surface area contributed by atoms with Gasteiger partial charge in [0.25, 0.3) is 5.91 Å². The smallest absolute Gasteiger partial charge is 0.338 e. The van der Waals surface area contributed by atoms with Crippen molar-refractivity contribution in [1.29, 1.82) is 0 Å². The average Bonchev–Trinajstić information content (AvgIpc) is 3.41. The van der Waals surface area contributed by atoms with E-state index in [0.29, 0.717) is 47.3 Å². The molecule has 5 nitrogen and oxygen atoms in total. The van der Waals surface area contributed by atoms with Crippen LogP contribution in [0.15, 0.2) is 36.4 Å². The normalized spacial score (nSPS) is 42.3. The molecule has 0 bridgehead atoms. The van der Waals surface area contributed by atoms with Crippen LogP contribution in [0.3, 0.4) is 0 Å². The maximum Gasteiger partial charge on any atom is 0.338 e. The van der Waals surface area contributed by atoms with Crippen molar-refractivity contribution in [3.05, 3.63) is 47.5 Å². The Balaban J connectivity index is 1.26. The highest BCUT2D eigenvalue weighted by Gasteiger charge is 2.71. The van der Waals surface area contributed by atoms with E-state index in [0.717, 1.165) is 32.1 Å². The number of hydrogen-bond acceptors (Lipinski definition) is 4.